The van der Waals surface area contributed by atoms with Gasteiger partial charge in [0.15, 0.2) is 6.61 Å². The maximum absolute atomic E-state index is 13.6. The summed E-state index contributed by atoms with van der Waals surface area (Å²) in [7, 11) is 0. The van der Waals surface area contributed by atoms with Crippen molar-refractivity contribution in [3.05, 3.63) is 100 Å². The molecule has 0 bridgehead atoms. The number of benzene rings is 3. The van der Waals surface area contributed by atoms with E-state index in [1.807, 2.05) is 93.6 Å². The van der Waals surface area contributed by atoms with Crippen molar-refractivity contribution in [1.29, 1.82) is 0 Å². The third-order valence-corrected chi connectivity index (χ3v) is 6.38. The van der Waals surface area contributed by atoms with Gasteiger partial charge in [0.2, 0.25) is 5.91 Å². The zero-order chi connectivity index (χ0) is 25.2. The number of ether oxygens (including phenoxy) is 1. The SMILES string of the molecule is CCCNC(=O)C(Cc1ccccc1)N(Cc1ccccc1)C(=O)COc1cc(C)c(Cl)c(C)c1. The molecule has 184 valence electrons. The molecule has 0 saturated carbocycles. The van der Waals surface area contributed by atoms with Gasteiger partial charge in [0.05, 0.1) is 0 Å². The highest BCUT2D eigenvalue weighted by Crippen LogP contribution is 2.26. The number of carbonyl (C=O) groups excluding carboxylic acids is 2. The summed E-state index contributed by atoms with van der Waals surface area (Å²) in [6.45, 7) is 6.48. The molecule has 1 atom stereocenters. The average Bonchev–Trinajstić information content (AvgIpc) is 2.87. The maximum atomic E-state index is 13.6. The van der Waals surface area contributed by atoms with Crippen molar-refractivity contribution >= 4 is 23.4 Å². The van der Waals surface area contributed by atoms with Crippen molar-refractivity contribution in [2.75, 3.05) is 13.2 Å². The first-order valence-corrected chi connectivity index (χ1v) is 12.3. The summed E-state index contributed by atoms with van der Waals surface area (Å²) in [6, 6.07) is 22.4. The Morgan fingerprint density at radius 1 is 0.943 bits per heavy atom. The number of halogens is 1. The summed E-state index contributed by atoms with van der Waals surface area (Å²) < 4.78 is 5.88. The Kier molecular flexibility index (Phi) is 9.74. The summed E-state index contributed by atoms with van der Waals surface area (Å²) in [5, 5.41) is 3.67. The number of hydrogen-bond donors (Lipinski definition) is 1. The van der Waals surface area contributed by atoms with Gasteiger partial charge in [-0.3, -0.25) is 9.59 Å². The third-order valence-electron chi connectivity index (χ3n) is 5.79. The molecule has 0 radical (unpaired) electrons. The fourth-order valence-corrected chi connectivity index (χ4v) is 4.03. The lowest BCUT2D eigenvalue weighted by atomic mass is 10.0. The van der Waals surface area contributed by atoms with E-state index in [9.17, 15) is 9.59 Å². The molecule has 3 aromatic rings. The minimum absolute atomic E-state index is 0.168. The quantitative estimate of drug-likeness (QED) is 0.384. The van der Waals surface area contributed by atoms with Crippen LogP contribution in [0, 0.1) is 13.8 Å². The van der Waals surface area contributed by atoms with E-state index in [-0.39, 0.29) is 18.4 Å². The van der Waals surface area contributed by atoms with Gasteiger partial charge in [-0.05, 0) is 54.7 Å². The van der Waals surface area contributed by atoms with Crippen LogP contribution in [0.15, 0.2) is 72.8 Å². The number of nitrogens with one attached hydrogen (secondary N) is 1. The molecular weight excluding hydrogens is 460 g/mol. The molecule has 0 heterocycles. The molecule has 0 fully saturated rings. The molecule has 1 unspecified atom stereocenters. The van der Waals surface area contributed by atoms with Gasteiger partial charge in [0, 0.05) is 24.5 Å². The largest absolute Gasteiger partial charge is 0.484 e. The minimum atomic E-state index is -0.672. The van der Waals surface area contributed by atoms with Crippen molar-refractivity contribution in [2.24, 2.45) is 0 Å². The van der Waals surface area contributed by atoms with Gasteiger partial charge in [-0.25, -0.2) is 0 Å². The van der Waals surface area contributed by atoms with Gasteiger partial charge in [-0.15, -0.1) is 0 Å². The molecule has 1 N–H and O–H groups in total. The molecule has 35 heavy (non-hydrogen) atoms. The summed E-state index contributed by atoms with van der Waals surface area (Å²) in [4.78, 5) is 28.5. The maximum Gasteiger partial charge on any atom is 0.261 e. The molecule has 0 spiro atoms. The van der Waals surface area contributed by atoms with Crippen molar-refractivity contribution in [3.63, 3.8) is 0 Å². The highest BCUT2D eigenvalue weighted by atomic mass is 35.5. The lowest BCUT2D eigenvalue weighted by Crippen LogP contribution is -2.51. The van der Waals surface area contributed by atoms with E-state index < -0.39 is 6.04 Å². The minimum Gasteiger partial charge on any atom is -0.484 e. The van der Waals surface area contributed by atoms with E-state index in [2.05, 4.69) is 5.32 Å². The van der Waals surface area contributed by atoms with E-state index in [0.29, 0.717) is 30.3 Å². The van der Waals surface area contributed by atoms with Gasteiger partial charge in [0.25, 0.3) is 5.91 Å². The van der Waals surface area contributed by atoms with Crippen LogP contribution in [-0.4, -0.2) is 35.9 Å². The molecular formula is C29H33ClN2O3. The first kappa shape index (κ1) is 26.3. The van der Waals surface area contributed by atoms with E-state index >= 15 is 0 Å². The molecule has 0 aliphatic rings. The first-order valence-electron chi connectivity index (χ1n) is 11.9. The molecule has 0 aromatic heterocycles. The van der Waals surface area contributed by atoms with E-state index in [4.69, 9.17) is 16.3 Å². The van der Waals surface area contributed by atoms with Gasteiger partial charge in [0.1, 0.15) is 11.8 Å². The Morgan fingerprint density at radius 2 is 1.51 bits per heavy atom. The Labute approximate surface area is 213 Å². The van der Waals surface area contributed by atoms with Crippen LogP contribution in [0.3, 0.4) is 0 Å². The second kappa shape index (κ2) is 13.0. The van der Waals surface area contributed by atoms with Crippen LogP contribution in [0.2, 0.25) is 5.02 Å². The Balaban J connectivity index is 1.88. The topological polar surface area (TPSA) is 58.6 Å². The highest BCUT2D eigenvalue weighted by Gasteiger charge is 2.30. The number of amides is 2. The van der Waals surface area contributed by atoms with Crippen LogP contribution in [0.1, 0.15) is 35.6 Å². The fourth-order valence-electron chi connectivity index (χ4n) is 3.92. The van der Waals surface area contributed by atoms with Crippen LogP contribution in [0.4, 0.5) is 0 Å². The van der Waals surface area contributed by atoms with E-state index in [0.717, 1.165) is 28.7 Å². The van der Waals surface area contributed by atoms with Crippen molar-refractivity contribution < 1.29 is 14.3 Å². The van der Waals surface area contributed by atoms with E-state index in [1.54, 1.807) is 4.90 Å². The molecule has 3 aromatic carbocycles. The molecule has 5 nitrogen and oxygen atoms in total. The molecule has 6 heteroatoms. The number of nitrogens with zero attached hydrogens (tertiary/aromatic N) is 1. The van der Waals surface area contributed by atoms with Crippen LogP contribution in [-0.2, 0) is 22.6 Å². The average molecular weight is 493 g/mol. The fraction of sp³-hybridized carbons (Fsp3) is 0.310. The number of rotatable bonds is 11. The smallest absolute Gasteiger partial charge is 0.261 e. The molecule has 2 amide bonds. The van der Waals surface area contributed by atoms with Crippen LogP contribution in [0.25, 0.3) is 0 Å². The monoisotopic (exact) mass is 492 g/mol. The molecule has 0 aliphatic carbocycles. The van der Waals surface area contributed by atoms with Crippen molar-refractivity contribution in [1.82, 2.24) is 10.2 Å². The predicted molar refractivity (Wildman–Crippen MR) is 141 cm³/mol. The van der Waals surface area contributed by atoms with Crippen molar-refractivity contribution in [2.45, 2.75) is 46.2 Å². The zero-order valence-corrected chi connectivity index (χ0v) is 21.3. The summed E-state index contributed by atoms with van der Waals surface area (Å²) >= 11 is 6.27. The second-order valence-electron chi connectivity index (χ2n) is 8.66. The van der Waals surface area contributed by atoms with Crippen LogP contribution in [0.5, 0.6) is 5.75 Å². The number of carbonyl (C=O) groups is 2. The third kappa shape index (κ3) is 7.59. The van der Waals surface area contributed by atoms with Crippen LogP contribution < -0.4 is 10.1 Å². The lowest BCUT2D eigenvalue weighted by molar-refractivity contribution is -0.142. The first-order chi connectivity index (χ1) is 16.9. The van der Waals surface area contributed by atoms with Crippen LogP contribution >= 0.6 is 11.6 Å². The number of hydrogen-bond acceptors (Lipinski definition) is 3. The zero-order valence-electron chi connectivity index (χ0n) is 20.6. The van der Waals surface area contributed by atoms with Gasteiger partial charge in [-0.2, -0.15) is 0 Å². The summed E-state index contributed by atoms with van der Waals surface area (Å²) in [5.74, 6) is 0.150. The highest BCUT2D eigenvalue weighted by molar-refractivity contribution is 6.32. The van der Waals surface area contributed by atoms with E-state index in [1.165, 1.54) is 0 Å². The normalized spacial score (nSPS) is 11.5. The lowest BCUT2D eigenvalue weighted by Gasteiger charge is -2.31. The van der Waals surface area contributed by atoms with Gasteiger partial charge >= 0.3 is 0 Å². The predicted octanol–water partition coefficient (Wildman–Crippen LogP) is 5.50. The van der Waals surface area contributed by atoms with Crippen molar-refractivity contribution in [3.8, 4) is 5.75 Å². The molecule has 0 saturated heterocycles. The Morgan fingerprint density at radius 3 is 2.09 bits per heavy atom. The summed E-state index contributed by atoms with van der Waals surface area (Å²) in [5.41, 5.74) is 3.70. The Hall–Kier alpha value is -3.31. The number of aryl methyl sites for hydroxylation is 2. The molecule has 0 aliphatic heterocycles. The van der Waals surface area contributed by atoms with Gasteiger partial charge < -0.3 is 15.0 Å². The summed E-state index contributed by atoms with van der Waals surface area (Å²) in [6.07, 6.45) is 1.23. The van der Waals surface area contributed by atoms with Gasteiger partial charge in [-0.1, -0.05) is 79.2 Å². The standard InChI is InChI=1S/C29H33ClN2O3/c1-4-15-31-29(34)26(18-23-11-7-5-8-12-23)32(19-24-13-9-6-10-14-24)27(33)20-35-25-16-21(2)28(30)22(3)17-25/h5-14,16-17,26H,4,15,18-20H2,1-3H3,(H,31,34). The Bertz CT molecular complexity index is 1100. The molecule has 3 rings (SSSR count). The second-order valence-corrected chi connectivity index (χ2v) is 9.04.